The van der Waals surface area contributed by atoms with E-state index in [0.717, 1.165) is 19.3 Å². The van der Waals surface area contributed by atoms with Crippen molar-refractivity contribution in [2.45, 2.75) is 43.7 Å². The van der Waals surface area contributed by atoms with E-state index in [1.807, 2.05) is 0 Å². The van der Waals surface area contributed by atoms with Gasteiger partial charge in [0, 0.05) is 12.1 Å². The average molecular weight is 351 g/mol. The van der Waals surface area contributed by atoms with E-state index in [1.165, 1.54) is 0 Å². The Morgan fingerprint density at radius 3 is 2.79 bits per heavy atom. The summed E-state index contributed by atoms with van der Waals surface area (Å²) in [5.74, 6) is 1.18. The normalized spacial score (nSPS) is 23.9. The number of nitrogens with one attached hydrogen (secondary N) is 2. The highest BCUT2D eigenvalue weighted by Gasteiger charge is 2.29. The summed E-state index contributed by atoms with van der Waals surface area (Å²) in [6.45, 7) is 2.64. The van der Waals surface area contributed by atoms with Gasteiger partial charge in [-0.05, 0) is 48.2 Å². The third-order valence-corrected chi connectivity index (χ3v) is 5.74. The van der Waals surface area contributed by atoms with Gasteiger partial charge in [-0.1, -0.05) is 6.92 Å². The molecule has 1 aromatic heterocycles. The highest BCUT2D eigenvalue weighted by Crippen LogP contribution is 2.29. The second-order valence-corrected chi connectivity index (χ2v) is 7.52. The fourth-order valence-corrected chi connectivity index (χ4v) is 4.72. The molecule has 0 aromatic carbocycles. The van der Waals surface area contributed by atoms with Crippen molar-refractivity contribution in [3.63, 3.8) is 0 Å². The minimum atomic E-state index is -3.51. The zero-order chi connectivity index (χ0) is 14.0. The van der Waals surface area contributed by atoms with Gasteiger partial charge in [-0.2, -0.15) is 0 Å². The number of rotatable bonds is 5. The molecule has 0 radical (unpaired) electrons. The van der Waals surface area contributed by atoms with Crippen molar-refractivity contribution in [2.75, 3.05) is 7.05 Å². The van der Waals surface area contributed by atoms with E-state index in [4.69, 9.17) is 4.42 Å². The maximum atomic E-state index is 12.3. The first kappa shape index (κ1) is 15.0. The Morgan fingerprint density at radius 1 is 1.47 bits per heavy atom. The highest BCUT2D eigenvalue weighted by molar-refractivity contribution is 9.10. The fraction of sp³-hybridized carbons (Fsp3) is 0.667. The molecule has 5 nitrogen and oxygen atoms in total. The van der Waals surface area contributed by atoms with Crippen molar-refractivity contribution in [1.29, 1.82) is 0 Å². The minimum Gasteiger partial charge on any atom is -0.452 e. The highest BCUT2D eigenvalue weighted by atomic mass is 79.9. The summed E-state index contributed by atoms with van der Waals surface area (Å²) in [6, 6.07) is 1.59. The smallest absolute Gasteiger partial charge is 0.245 e. The molecule has 0 saturated heterocycles. The molecule has 0 spiro atoms. The van der Waals surface area contributed by atoms with Crippen LogP contribution >= 0.6 is 15.9 Å². The SMILES string of the molecule is CNCc1cc(S(=O)(=O)NC2CCC(C)C2)c(Br)o1. The molecule has 1 aromatic rings. The molecule has 1 aliphatic carbocycles. The van der Waals surface area contributed by atoms with Crippen LogP contribution in [0.4, 0.5) is 0 Å². The van der Waals surface area contributed by atoms with E-state index >= 15 is 0 Å². The van der Waals surface area contributed by atoms with Gasteiger partial charge in [-0.25, -0.2) is 13.1 Å². The van der Waals surface area contributed by atoms with Crippen molar-refractivity contribution in [3.8, 4) is 0 Å². The molecule has 1 saturated carbocycles. The Balaban J connectivity index is 2.14. The Bertz CT molecular complexity index is 541. The molecule has 7 heteroatoms. The van der Waals surface area contributed by atoms with Gasteiger partial charge in [0.15, 0.2) is 4.67 Å². The van der Waals surface area contributed by atoms with Gasteiger partial charge >= 0.3 is 0 Å². The van der Waals surface area contributed by atoms with Crippen LogP contribution in [-0.4, -0.2) is 21.5 Å². The van der Waals surface area contributed by atoms with Crippen LogP contribution in [0.3, 0.4) is 0 Å². The monoisotopic (exact) mass is 350 g/mol. The Hall–Kier alpha value is -0.370. The van der Waals surface area contributed by atoms with Crippen molar-refractivity contribution in [3.05, 3.63) is 16.5 Å². The van der Waals surface area contributed by atoms with Gasteiger partial charge in [-0.15, -0.1) is 0 Å². The molecule has 2 rings (SSSR count). The summed E-state index contributed by atoms with van der Waals surface area (Å²) in [6.07, 6.45) is 2.88. The predicted molar refractivity (Wildman–Crippen MR) is 76.3 cm³/mol. The molecule has 2 unspecified atom stereocenters. The summed E-state index contributed by atoms with van der Waals surface area (Å²) >= 11 is 3.17. The van der Waals surface area contributed by atoms with Crippen LogP contribution in [0.5, 0.6) is 0 Å². The molecule has 1 aliphatic rings. The quantitative estimate of drug-likeness (QED) is 0.854. The first-order valence-corrected chi connectivity index (χ1v) is 8.65. The van der Waals surface area contributed by atoms with Crippen molar-refractivity contribution in [2.24, 2.45) is 5.92 Å². The molecule has 19 heavy (non-hydrogen) atoms. The summed E-state index contributed by atoms with van der Waals surface area (Å²) < 4.78 is 33.0. The summed E-state index contributed by atoms with van der Waals surface area (Å²) in [5.41, 5.74) is 0. The molecule has 2 atom stereocenters. The molecule has 108 valence electrons. The minimum absolute atomic E-state index is 0.0366. The van der Waals surface area contributed by atoms with Gasteiger partial charge in [0.25, 0.3) is 0 Å². The van der Waals surface area contributed by atoms with Gasteiger partial charge in [0.05, 0.1) is 6.54 Å². The van der Waals surface area contributed by atoms with Crippen LogP contribution in [0.15, 0.2) is 20.0 Å². The van der Waals surface area contributed by atoms with E-state index in [1.54, 1.807) is 13.1 Å². The Morgan fingerprint density at radius 2 is 2.21 bits per heavy atom. The van der Waals surface area contributed by atoms with Crippen LogP contribution in [0.25, 0.3) is 0 Å². The van der Waals surface area contributed by atoms with Gasteiger partial charge in [-0.3, -0.25) is 0 Å². The van der Waals surface area contributed by atoms with Crippen LogP contribution < -0.4 is 10.0 Å². The van der Waals surface area contributed by atoms with Crippen molar-refractivity contribution in [1.82, 2.24) is 10.0 Å². The number of hydrogen-bond acceptors (Lipinski definition) is 4. The topological polar surface area (TPSA) is 71.3 Å². The van der Waals surface area contributed by atoms with E-state index in [9.17, 15) is 8.42 Å². The third kappa shape index (κ3) is 3.59. The molecule has 0 aliphatic heterocycles. The lowest BCUT2D eigenvalue weighted by Crippen LogP contribution is -2.32. The maximum absolute atomic E-state index is 12.3. The molecule has 1 fully saturated rings. The van der Waals surface area contributed by atoms with Gasteiger partial charge in [0.2, 0.25) is 10.0 Å². The number of halogens is 1. The lowest BCUT2D eigenvalue weighted by atomic mass is 10.1. The number of sulfonamides is 1. The van der Waals surface area contributed by atoms with Crippen LogP contribution in [0, 0.1) is 5.92 Å². The second-order valence-electron chi connectivity index (χ2n) is 5.12. The maximum Gasteiger partial charge on any atom is 0.245 e. The second kappa shape index (κ2) is 5.95. The van der Waals surface area contributed by atoms with Crippen LogP contribution in [0.2, 0.25) is 0 Å². The molecular formula is C12H19BrN2O3S. The van der Waals surface area contributed by atoms with Crippen molar-refractivity contribution < 1.29 is 12.8 Å². The zero-order valence-corrected chi connectivity index (χ0v) is 13.5. The molecule has 0 bridgehead atoms. The first-order chi connectivity index (χ1) is 8.92. The van der Waals surface area contributed by atoms with Crippen LogP contribution in [-0.2, 0) is 16.6 Å². The van der Waals surface area contributed by atoms with Crippen LogP contribution in [0.1, 0.15) is 31.9 Å². The van der Waals surface area contributed by atoms with E-state index < -0.39 is 10.0 Å². The lowest BCUT2D eigenvalue weighted by molar-refractivity contribution is 0.469. The largest absolute Gasteiger partial charge is 0.452 e. The Kier molecular flexibility index (Phi) is 4.70. The summed E-state index contributed by atoms with van der Waals surface area (Å²) in [4.78, 5) is 0.178. The van der Waals surface area contributed by atoms with E-state index in [-0.39, 0.29) is 15.6 Å². The Labute approximate surface area is 122 Å². The number of hydrogen-bond donors (Lipinski definition) is 2. The van der Waals surface area contributed by atoms with E-state index in [0.29, 0.717) is 18.2 Å². The lowest BCUT2D eigenvalue weighted by Gasteiger charge is -2.11. The zero-order valence-electron chi connectivity index (χ0n) is 11.1. The molecular weight excluding hydrogens is 332 g/mol. The van der Waals surface area contributed by atoms with Crippen molar-refractivity contribution >= 4 is 26.0 Å². The van der Waals surface area contributed by atoms with Gasteiger partial charge < -0.3 is 9.73 Å². The average Bonchev–Trinajstić information content (AvgIpc) is 2.86. The summed E-state index contributed by atoms with van der Waals surface area (Å²) in [7, 11) is -1.73. The predicted octanol–water partition coefficient (Wildman–Crippen LogP) is 2.23. The molecule has 1 heterocycles. The molecule has 0 amide bonds. The standard InChI is InChI=1S/C12H19BrN2O3S/c1-8-3-4-9(5-8)15-19(16,17)11-6-10(7-14-2)18-12(11)13/h6,8-9,14-15H,3-5,7H2,1-2H3. The molecule has 2 N–H and O–H groups in total. The van der Waals surface area contributed by atoms with E-state index in [2.05, 4.69) is 32.9 Å². The third-order valence-electron chi connectivity index (χ3n) is 3.36. The number of furan rings is 1. The first-order valence-electron chi connectivity index (χ1n) is 6.37. The fourth-order valence-electron chi connectivity index (χ4n) is 2.44. The summed E-state index contributed by atoms with van der Waals surface area (Å²) in [5, 5.41) is 2.93. The van der Waals surface area contributed by atoms with Gasteiger partial charge in [0.1, 0.15) is 10.7 Å².